The Morgan fingerprint density at radius 3 is 2.41 bits per heavy atom. The zero-order valence-electron chi connectivity index (χ0n) is 12.3. The maximum Gasteiger partial charge on any atom is 0.269 e. The standard InChI is InChI=1S/C14H14N4O3S/c1-9-8-22-14(15-9)17(11(3)19)16-10(2)12-4-6-13(7-5-12)18(20)21/h4-8H,1-3H3/b16-10-. The molecular formula is C14H14N4O3S. The number of nitro groups is 1. The third-order valence-electron chi connectivity index (χ3n) is 2.83. The highest BCUT2D eigenvalue weighted by Crippen LogP contribution is 2.21. The van der Waals surface area contributed by atoms with Crippen LogP contribution in [0.2, 0.25) is 0 Å². The highest BCUT2D eigenvalue weighted by atomic mass is 32.1. The van der Waals surface area contributed by atoms with Crippen LogP contribution in [0.3, 0.4) is 0 Å². The second-order valence-electron chi connectivity index (χ2n) is 4.59. The van der Waals surface area contributed by atoms with Gasteiger partial charge >= 0.3 is 0 Å². The van der Waals surface area contributed by atoms with Crippen LogP contribution in [-0.4, -0.2) is 21.5 Å². The minimum absolute atomic E-state index is 0.00974. The molecule has 2 rings (SSSR count). The fourth-order valence-electron chi connectivity index (χ4n) is 1.72. The number of hydrogen-bond donors (Lipinski definition) is 0. The Labute approximate surface area is 131 Å². The van der Waals surface area contributed by atoms with Gasteiger partial charge in [-0.1, -0.05) is 0 Å². The van der Waals surface area contributed by atoms with Crippen molar-refractivity contribution in [3.63, 3.8) is 0 Å². The van der Waals surface area contributed by atoms with Crippen molar-refractivity contribution < 1.29 is 9.72 Å². The Hall–Kier alpha value is -2.61. The Morgan fingerprint density at radius 1 is 1.32 bits per heavy atom. The lowest BCUT2D eigenvalue weighted by Crippen LogP contribution is -2.23. The molecule has 0 radical (unpaired) electrons. The van der Waals surface area contributed by atoms with Gasteiger partial charge in [0.25, 0.3) is 5.69 Å². The SMILES string of the molecule is CC(=O)N(/N=C(/C)c1ccc([N+](=O)[O-])cc1)c1nc(C)cs1. The van der Waals surface area contributed by atoms with E-state index in [-0.39, 0.29) is 11.6 Å². The number of thiazole rings is 1. The summed E-state index contributed by atoms with van der Waals surface area (Å²) in [6.45, 7) is 4.98. The van der Waals surface area contributed by atoms with Gasteiger partial charge in [-0.2, -0.15) is 10.1 Å². The van der Waals surface area contributed by atoms with Gasteiger partial charge < -0.3 is 0 Å². The van der Waals surface area contributed by atoms with Gasteiger partial charge in [0.1, 0.15) is 0 Å². The molecule has 1 aromatic carbocycles. The predicted molar refractivity (Wildman–Crippen MR) is 85.3 cm³/mol. The maximum absolute atomic E-state index is 11.8. The van der Waals surface area contributed by atoms with Gasteiger partial charge in [0, 0.05) is 24.4 Å². The molecule has 0 saturated carbocycles. The van der Waals surface area contributed by atoms with Crippen LogP contribution in [0.4, 0.5) is 10.8 Å². The van der Waals surface area contributed by atoms with Crippen LogP contribution >= 0.6 is 11.3 Å². The molecule has 1 heterocycles. The number of aryl methyl sites for hydroxylation is 1. The number of hydrogen-bond acceptors (Lipinski definition) is 6. The van der Waals surface area contributed by atoms with E-state index in [1.807, 2.05) is 12.3 Å². The molecule has 0 bridgehead atoms. The van der Waals surface area contributed by atoms with Crippen molar-refractivity contribution >= 4 is 33.8 Å². The average molecular weight is 318 g/mol. The summed E-state index contributed by atoms with van der Waals surface area (Å²) in [6, 6.07) is 6.00. The van der Waals surface area contributed by atoms with Crippen LogP contribution in [0, 0.1) is 17.0 Å². The van der Waals surface area contributed by atoms with Gasteiger partial charge in [-0.3, -0.25) is 14.9 Å². The second-order valence-corrected chi connectivity index (χ2v) is 5.43. The highest BCUT2D eigenvalue weighted by molar-refractivity contribution is 7.14. The molecule has 7 nitrogen and oxygen atoms in total. The quantitative estimate of drug-likeness (QED) is 0.492. The van der Waals surface area contributed by atoms with E-state index in [9.17, 15) is 14.9 Å². The van der Waals surface area contributed by atoms with E-state index in [0.717, 1.165) is 5.69 Å². The summed E-state index contributed by atoms with van der Waals surface area (Å²) in [5.41, 5.74) is 2.09. The number of aromatic nitrogens is 1. The maximum atomic E-state index is 11.8. The van der Waals surface area contributed by atoms with Crippen molar-refractivity contribution in [3.05, 3.63) is 51.0 Å². The van der Waals surface area contributed by atoms with Gasteiger partial charge in [-0.05, 0) is 31.5 Å². The molecule has 8 heteroatoms. The molecule has 0 saturated heterocycles. The molecule has 0 fully saturated rings. The van der Waals surface area contributed by atoms with Gasteiger partial charge in [0.15, 0.2) is 0 Å². The number of carbonyl (C=O) groups is 1. The number of non-ortho nitro benzene ring substituents is 1. The summed E-state index contributed by atoms with van der Waals surface area (Å²) in [5.74, 6) is -0.254. The first-order chi connectivity index (χ1) is 10.4. The van der Waals surface area contributed by atoms with Gasteiger partial charge in [0.05, 0.1) is 16.3 Å². The van der Waals surface area contributed by atoms with E-state index in [1.54, 1.807) is 19.1 Å². The van der Waals surface area contributed by atoms with Crippen molar-refractivity contribution in [2.24, 2.45) is 5.10 Å². The van der Waals surface area contributed by atoms with E-state index in [1.165, 1.54) is 35.4 Å². The number of hydrazone groups is 1. The van der Waals surface area contributed by atoms with E-state index >= 15 is 0 Å². The number of benzene rings is 1. The lowest BCUT2D eigenvalue weighted by molar-refractivity contribution is -0.384. The van der Waals surface area contributed by atoms with Crippen molar-refractivity contribution in [2.75, 3.05) is 5.01 Å². The molecule has 0 spiro atoms. The largest absolute Gasteiger partial charge is 0.273 e. The first kappa shape index (κ1) is 15.8. The topological polar surface area (TPSA) is 88.7 Å². The number of carbonyl (C=O) groups excluding carboxylic acids is 1. The smallest absolute Gasteiger partial charge is 0.269 e. The summed E-state index contributed by atoms with van der Waals surface area (Å²) in [5, 5.41) is 18.5. The van der Waals surface area contributed by atoms with E-state index < -0.39 is 4.92 Å². The summed E-state index contributed by atoms with van der Waals surface area (Å²) in [7, 11) is 0. The molecule has 0 unspecified atom stereocenters. The van der Waals surface area contributed by atoms with Crippen molar-refractivity contribution in [1.82, 2.24) is 4.98 Å². The van der Waals surface area contributed by atoms with Gasteiger partial charge in [-0.15, -0.1) is 11.3 Å². The monoisotopic (exact) mass is 318 g/mol. The minimum Gasteiger partial charge on any atom is -0.273 e. The number of amides is 1. The minimum atomic E-state index is -0.462. The van der Waals surface area contributed by atoms with Gasteiger partial charge in [-0.25, -0.2) is 4.98 Å². The third-order valence-corrected chi connectivity index (χ3v) is 3.77. The summed E-state index contributed by atoms with van der Waals surface area (Å²) < 4.78 is 0. The molecule has 0 N–H and O–H groups in total. The number of anilines is 1. The molecular weight excluding hydrogens is 304 g/mol. The van der Waals surface area contributed by atoms with Gasteiger partial charge in [0.2, 0.25) is 11.0 Å². The highest BCUT2D eigenvalue weighted by Gasteiger charge is 2.15. The number of nitrogens with zero attached hydrogens (tertiary/aromatic N) is 4. The first-order valence-corrected chi connectivity index (χ1v) is 7.29. The lowest BCUT2D eigenvalue weighted by atomic mass is 10.1. The summed E-state index contributed by atoms with van der Waals surface area (Å²) in [4.78, 5) is 26.2. The molecule has 114 valence electrons. The second kappa shape index (κ2) is 6.44. The number of rotatable bonds is 4. The Morgan fingerprint density at radius 2 is 1.95 bits per heavy atom. The van der Waals surface area contributed by atoms with Crippen LogP contribution < -0.4 is 5.01 Å². The molecule has 0 atom stereocenters. The zero-order chi connectivity index (χ0) is 16.3. The van der Waals surface area contributed by atoms with Crippen molar-refractivity contribution in [2.45, 2.75) is 20.8 Å². The van der Waals surface area contributed by atoms with E-state index in [4.69, 9.17) is 0 Å². The van der Waals surface area contributed by atoms with Crippen LogP contribution in [0.5, 0.6) is 0 Å². The van der Waals surface area contributed by atoms with E-state index in [0.29, 0.717) is 16.4 Å². The Bertz CT molecular complexity index is 737. The third kappa shape index (κ3) is 3.53. The molecule has 0 aliphatic heterocycles. The fourth-order valence-corrected chi connectivity index (χ4v) is 2.51. The van der Waals surface area contributed by atoms with Crippen molar-refractivity contribution in [3.8, 4) is 0 Å². The zero-order valence-corrected chi connectivity index (χ0v) is 13.1. The molecule has 1 aromatic heterocycles. The van der Waals surface area contributed by atoms with E-state index in [2.05, 4.69) is 10.1 Å². The lowest BCUT2D eigenvalue weighted by Gasteiger charge is -2.13. The van der Waals surface area contributed by atoms with Crippen LogP contribution in [0.15, 0.2) is 34.7 Å². The molecule has 22 heavy (non-hydrogen) atoms. The van der Waals surface area contributed by atoms with Crippen LogP contribution in [-0.2, 0) is 4.79 Å². The Balaban J connectivity index is 2.32. The first-order valence-electron chi connectivity index (χ1n) is 6.41. The fraction of sp³-hybridized carbons (Fsp3) is 0.214. The normalized spacial score (nSPS) is 11.3. The summed E-state index contributed by atoms with van der Waals surface area (Å²) in [6.07, 6.45) is 0. The van der Waals surface area contributed by atoms with Crippen LogP contribution in [0.25, 0.3) is 0 Å². The van der Waals surface area contributed by atoms with Crippen LogP contribution in [0.1, 0.15) is 25.1 Å². The molecule has 0 aliphatic rings. The predicted octanol–water partition coefficient (Wildman–Crippen LogP) is 3.14. The molecule has 2 aromatic rings. The summed E-state index contributed by atoms with van der Waals surface area (Å²) >= 11 is 1.33. The number of nitro benzene ring substituents is 1. The Kier molecular flexibility index (Phi) is 4.62. The van der Waals surface area contributed by atoms with Crippen molar-refractivity contribution in [1.29, 1.82) is 0 Å². The molecule has 0 aliphatic carbocycles. The average Bonchev–Trinajstić information content (AvgIpc) is 2.90. The molecule has 1 amide bonds.